The lowest BCUT2D eigenvalue weighted by molar-refractivity contribution is 0.289. The van der Waals surface area contributed by atoms with Gasteiger partial charge in [-0.1, -0.05) is 119 Å². The van der Waals surface area contributed by atoms with E-state index < -0.39 is 0 Å². The van der Waals surface area contributed by atoms with Crippen LogP contribution in [0.1, 0.15) is 100 Å². The van der Waals surface area contributed by atoms with Crippen molar-refractivity contribution in [2.45, 2.75) is 104 Å². The summed E-state index contributed by atoms with van der Waals surface area (Å²) in [6.07, 6.45) is 18.4. The van der Waals surface area contributed by atoms with E-state index in [1.807, 2.05) is 0 Å². The zero-order chi connectivity index (χ0) is 25.0. The Hall–Kier alpha value is -2.34. The van der Waals surface area contributed by atoms with Gasteiger partial charge in [-0.05, 0) is 103 Å². The maximum Gasteiger partial charge on any atom is -0.0184 e. The van der Waals surface area contributed by atoms with Crippen molar-refractivity contribution in [3.63, 3.8) is 0 Å². The van der Waals surface area contributed by atoms with E-state index in [1.54, 1.807) is 5.56 Å². The molecular formula is C36H48. The average molecular weight is 481 g/mol. The fraction of sp³-hybridized carbons (Fsp3) is 0.500. The standard InChI is InChI=1S/C36H48/c1-3-4-5-6-9-31-20-24-35(25-21-31)36-26-22-32(23-27-36)11-8-7-10-30-16-18-34(19-17-30)28-33-14-12-29(2)13-15-33/h16-27,29,33H,3-15,28H2,1-2H3. The van der Waals surface area contributed by atoms with Crippen LogP contribution in [0.25, 0.3) is 11.1 Å². The molecule has 0 amide bonds. The van der Waals surface area contributed by atoms with Crippen LogP contribution in [0.2, 0.25) is 0 Å². The van der Waals surface area contributed by atoms with Gasteiger partial charge in [0.15, 0.2) is 0 Å². The molecule has 36 heavy (non-hydrogen) atoms. The number of aryl methyl sites for hydroxylation is 3. The van der Waals surface area contributed by atoms with Crippen LogP contribution < -0.4 is 0 Å². The molecule has 1 aliphatic rings. The summed E-state index contributed by atoms with van der Waals surface area (Å²) in [6.45, 7) is 4.69. The fourth-order valence-corrected chi connectivity index (χ4v) is 5.85. The van der Waals surface area contributed by atoms with Gasteiger partial charge in [-0.25, -0.2) is 0 Å². The van der Waals surface area contributed by atoms with Crippen molar-refractivity contribution in [2.24, 2.45) is 11.8 Å². The second-order valence-electron chi connectivity index (χ2n) is 11.6. The van der Waals surface area contributed by atoms with Crippen LogP contribution in [0.15, 0.2) is 72.8 Å². The van der Waals surface area contributed by atoms with Gasteiger partial charge in [0.2, 0.25) is 0 Å². The number of hydrogen-bond acceptors (Lipinski definition) is 0. The molecule has 1 aliphatic carbocycles. The van der Waals surface area contributed by atoms with Crippen LogP contribution in [0, 0.1) is 11.8 Å². The van der Waals surface area contributed by atoms with Gasteiger partial charge in [-0.2, -0.15) is 0 Å². The summed E-state index contributed by atoms with van der Waals surface area (Å²) < 4.78 is 0. The summed E-state index contributed by atoms with van der Waals surface area (Å²) in [5.41, 5.74) is 8.64. The van der Waals surface area contributed by atoms with Crippen molar-refractivity contribution in [3.05, 3.63) is 95.1 Å². The van der Waals surface area contributed by atoms with E-state index in [0.29, 0.717) is 0 Å². The molecule has 0 nitrogen and oxygen atoms in total. The fourth-order valence-electron chi connectivity index (χ4n) is 5.85. The number of benzene rings is 3. The molecule has 0 spiro atoms. The van der Waals surface area contributed by atoms with Crippen molar-refractivity contribution < 1.29 is 0 Å². The minimum absolute atomic E-state index is 0.915. The first-order chi connectivity index (χ1) is 17.7. The highest BCUT2D eigenvalue weighted by molar-refractivity contribution is 5.64. The SMILES string of the molecule is CCCCCCc1ccc(-c2ccc(CCCCc3ccc(CC4CCC(C)CC4)cc3)cc2)cc1. The summed E-state index contributed by atoms with van der Waals surface area (Å²) in [4.78, 5) is 0. The van der Waals surface area contributed by atoms with Crippen molar-refractivity contribution in [1.29, 1.82) is 0 Å². The molecule has 0 bridgehead atoms. The first-order valence-corrected chi connectivity index (χ1v) is 15.0. The third-order valence-corrected chi connectivity index (χ3v) is 8.42. The molecule has 1 saturated carbocycles. The molecule has 0 heteroatoms. The molecule has 0 aliphatic heterocycles. The lowest BCUT2D eigenvalue weighted by atomic mass is 9.80. The van der Waals surface area contributed by atoms with Crippen molar-refractivity contribution in [2.75, 3.05) is 0 Å². The molecule has 192 valence electrons. The Labute approximate surface area is 221 Å². The molecule has 0 aromatic heterocycles. The largest absolute Gasteiger partial charge is 0.0654 e. The van der Waals surface area contributed by atoms with Gasteiger partial charge in [-0.3, -0.25) is 0 Å². The molecule has 0 saturated heterocycles. The van der Waals surface area contributed by atoms with Crippen LogP contribution in [0.5, 0.6) is 0 Å². The highest BCUT2D eigenvalue weighted by Crippen LogP contribution is 2.30. The van der Waals surface area contributed by atoms with E-state index in [2.05, 4.69) is 86.6 Å². The van der Waals surface area contributed by atoms with Crippen LogP contribution >= 0.6 is 0 Å². The van der Waals surface area contributed by atoms with Crippen molar-refractivity contribution in [1.82, 2.24) is 0 Å². The number of hydrogen-bond donors (Lipinski definition) is 0. The minimum Gasteiger partial charge on any atom is -0.0654 e. The topological polar surface area (TPSA) is 0 Å². The third kappa shape index (κ3) is 8.65. The number of unbranched alkanes of at least 4 members (excludes halogenated alkanes) is 4. The maximum atomic E-state index is 2.41. The molecule has 3 aromatic carbocycles. The summed E-state index contributed by atoms with van der Waals surface area (Å²) in [5.74, 6) is 1.86. The molecule has 0 radical (unpaired) electrons. The molecule has 0 unspecified atom stereocenters. The average Bonchev–Trinajstić information content (AvgIpc) is 2.92. The van der Waals surface area contributed by atoms with Gasteiger partial charge in [-0.15, -0.1) is 0 Å². The predicted octanol–water partition coefficient (Wildman–Crippen LogP) is 10.4. The van der Waals surface area contributed by atoms with Crippen molar-refractivity contribution in [3.8, 4) is 11.1 Å². The zero-order valence-corrected chi connectivity index (χ0v) is 23.0. The molecule has 0 atom stereocenters. The molecule has 1 fully saturated rings. The van der Waals surface area contributed by atoms with E-state index in [1.165, 1.54) is 118 Å². The first kappa shape index (κ1) is 26.7. The second kappa shape index (κ2) is 14.4. The Kier molecular flexibility index (Phi) is 10.7. The quantitative estimate of drug-likeness (QED) is 0.213. The lowest BCUT2D eigenvalue weighted by Crippen LogP contribution is -2.14. The summed E-state index contributed by atoms with van der Waals surface area (Å²) in [5, 5.41) is 0. The van der Waals surface area contributed by atoms with Crippen LogP contribution in [0.4, 0.5) is 0 Å². The predicted molar refractivity (Wildman–Crippen MR) is 158 cm³/mol. The van der Waals surface area contributed by atoms with Crippen LogP contribution in [-0.4, -0.2) is 0 Å². The zero-order valence-electron chi connectivity index (χ0n) is 23.0. The normalized spacial score (nSPS) is 17.8. The van der Waals surface area contributed by atoms with Gasteiger partial charge < -0.3 is 0 Å². The Morgan fingerprint density at radius 2 is 0.917 bits per heavy atom. The highest BCUT2D eigenvalue weighted by Gasteiger charge is 2.18. The highest BCUT2D eigenvalue weighted by atomic mass is 14.2. The van der Waals surface area contributed by atoms with E-state index in [0.717, 1.165) is 11.8 Å². The van der Waals surface area contributed by atoms with Gasteiger partial charge in [0.1, 0.15) is 0 Å². The summed E-state index contributed by atoms with van der Waals surface area (Å²) >= 11 is 0. The van der Waals surface area contributed by atoms with Gasteiger partial charge >= 0.3 is 0 Å². The van der Waals surface area contributed by atoms with E-state index in [-0.39, 0.29) is 0 Å². The molecule has 3 aromatic rings. The Bertz CT molecular complexity index is 985. The second-order valence-corrected chi connectivity index (χ2v) is 11.6. The van der Waals surface area contributed by atoms with Crippen LogP contribution in [0.3, 0.4) is 0 Å². The minimum atomic E-state index is 0.915. The molecular weight excluding hydrogens is 432 g/mol. The third-order valence-electron chi connectivity index (χ3n) is 8.42. The Morgan fingerprint density at radius 3 is 1.39 bits per heavy atom. The van der Waals surface area contributed by atoms with E-state index >= 15 is 0 Å². The first-order valence-electron chi connectivity index (χ1n) is 15.0. The van der Waals surface area contributed by atoms with Crippen LogP contribution in [-0.2, 0) is 25.7 Å². The van der Waals surface area contributed by atoms with Gasteiger partial charge in [0.25, 0.3) is 0 Å². The summed E-state index contributed by atoms with van der Waals surface area (Å²) in [7, 11) is 0. The lowest BCUT2D eigenvalue weighted by Gasteiger charge is -2.26. The summed E-state index contributed by atoms with van der Waals surface area (Å²) in [6, 6.07) is 28.0. The van der Waals surface area contributed by atoms with Crippen molar-refractivity contribution >= 4 is 0 Å². The van der Waals surface area contributed by atoms with Gasteiger partial charge in [0, 0.05) is 0 Å². The maximum absolute atomic E-state index is 2.41. The molecule has 0 heterocycles. The van der Waals surface area contributed by atoms with E-state index in [4.69, 9.17) is 0 Å². The smallest absolute Gasteiger partial charge is 0.0184 e. The molecule has 4 rings (SSSR count). The Balaban J connectivity index is 1.15. The molecule has 0 N–H and O–H groups in total. The number of rotatable bonds is 13. The van der Waals surface area contributed by atoms with Gasteiger partial charge in [0.05, 0.1) is 0 Å². The monoisotopic (exact) mass is 480 g/mol. The Morgan fingerprint density at radius 1 is 0.500 bits per heavy atom. The van der Waals surface area contributed by atoms with E-state index in [9.17, 15) is 0 Å².